The number of benzene rings is 2. The number of aromatic carboxylic acids is 2. The lowest BCUT2D eigenvalue weighted by molar-refractivity contribution is 0.0686. The number of fused-ring (bicyclic) bond motifs is 2. The van der Waals surface area contributed by atoms with Gasteiger partial charge in [-0.05, 0) is 36.4 Å². The van der Waals surface area contributed by atoms with Gasteiger partial charge in [0.25, 0.3) is 0 Å². The molecular formula is C14H9NO4S. The van der Waals surface area contributed by atoms with E-state index in [1.54, 1.807) is 24.3 Å². The van der Waals surface area contributed by atoms with Crippen molar-refractivity contribution in [1.29, 1.82) is 0 Å². The van der Waals surface area contributed by atoms with E-state index in [1.807, 2.05) is 0 Å². The largest absolute Gasteiger partial charge is 0.478 e. The van der Waals surface area contributed by atoms with Gasteiger partial charge >= 0.3 is 11.9 Å². The number of hydrogen-bond donors (Lipinski definition) is 3. The molecular weight excluding hydrogens is 278 g/mol. The van der Waals surface area contributed by atoms with E-state index in [0.717, 1.165) is 21.2 Å². The Morgan fingerprint density at radius 2 is 1.30 bits per heavy atom. The molecule has 0 radical (unpaired) electrons. The number of carboxylic acids is 2. The number of anilines is 2. The monoisotopic (exact) mass is 287 g/mol. The molecule has 0 spiro atoms. The molecule has 0 saturated heterocycles. The summed E-state index contributed by atoms with van der Waals surface area (Å²) in [4.78, 5) is 23.5. The van der Waals surface area contributed by atoms with Crippen molar-refractivity contribution in [3.05, 3.63) is 47.5 Å². The van der Waals surface area contributed by atoms with Crippen LogP contribution in [-0.2, 0) is 0 Å². The Bertz CT molecular complexity index is 680. The van der Waals surface area contributed by atoms with Crippen molar-refractivity contribution >= 4 is 35.1 Å². The molecule has 5 nitrogen and oxygen atoms in total. The molecule has 0 aliphatic carbocycles. The van der Waals surface area contributed by atoms with E-state index >= 15 is 0 Å². The van der Waals surface area contributed by atoms with Crippen molar-refractivity contribution in [1.82, 2.24) is 0 Å². The van der Waals surface area contributed by atoms with Crippen LogP contribution in [0.5, 0.6) is 0 Å². The van der Waals surface area contributed by atoms with Gasteiger partial charge in [0.2, 0.25) is 0 Å². The Kier molecular flexibility index (Phi) is 2.87. The summed E-state index contributed by atoms with van der Waals surface area (Å²) in [7, 11) is 0. The second kappa shape index (κ2) is 4.57. The van der Waals surface area contributed by atoms with Crippen LogP contribution in [0, 0.1) is 0 Å². The summed E-state index contributed by atoms with van der Waals surface area (Å²) < 4.78 is 0. The molecule has 1 heterocycles. The highest BCUT2D eigenvalue weighted by Gasteiger charge is 2.18. The van der Waals surface area contributed by atoms with Crippen molar-refractivity contribution in [3.63, 3.8) is 0 Å². The Morgan fingerprint density at radius 1 is 0.850 bits per heavy atom. The van der Waals surface area contributed by atoms with E-state index in [2.05, 4.69) is 5.32 Å². The van der Waals surface area contributed by atoms with Crippen LogP contribution in [0.15, 0.2) is 46.2 Å². The van der Waals surface area contributed by atoms with Crippen molar-refractivity contribution in [2.75, 3.05) is 5.32 Å². The first-order valence-corrected chi connectivity index (χ1v) is 6.56. The number of rotatable bonds is 2. The van der Waals surface area contributed by atoms with Crippen molar-refractivity contribution in [3.8, 4) is 0 Å². The topological polar surface area (TPSA) is 86.6 Å². The third-order valence-electron chi connectivity index (χ3n) is 2.95. The van der Waals surface area contributed by atoms with E-state index in [9.17, 15) is 9.59 Å². The quantitative estimate of drug-likeness (QED) is 0.670. The van der Waals surface area contributed by atoms with Crippen LogP contribution in [0.1, 0.15) is 20.7 Å². The normalized spacial score (nSPS) is 12.0. The van der Waals surface area contributed by atoms with Crippen LogP contribution in [0.25, 0.3) is 0 Å². The Balaban J connectivity index is 2.03. The van der Waals surface area contributed by atoms with E-state index in [0.29, 0.717) is 0 Å². The number of carbonyl (C=O) groups is 2. The van der Waals surface area contributed by atoms with Gasteiger partial charge in [-0.1, -0.05) is 11.8 Å². The summed E-state index contributed by atoms with van der Waals surface area (Å²) in [6.45, 7) is 0. The molecule has 6 heteroatoms. The van der Waals surface area contributed by atoms with Crippen LogP contribution >= 0.6 is 11.8 Å². The van der Waals surface area contributed by atoms with Gasteiger partial charge in [-0.25, -0.2) is 9.59 Å². The van der Waals surface area contributed by atoms with Crippen molar-refractivity contribution < 1.29 is 19.8 Å². The van der Waals surface area contributed by atoms with Crippen LogP contribution < -0.4 is 5.32 Å². The molecule has 0 atom stereocenters. The molecule has 0 aromatic heterocycles. The fourth-order valence-electron chi connectivity index (χ4n) is 1.95. The SMILES string of the molecule is O=C(O)c1ccc2c(c1)Sc1cc(C(=O)O)ccc1N2. The van der Waals surface area contributed by atoms with Crippen molar-refractivity contribution in [2.24, 2.45) is 0 Å². The van der Waals surface area contributed by atoms with E-state index in [1.165, 1.54) is 23.9 Å². The van der Waals surface area contributed by atoms with Crippen LogP contribution in [-0.4, -0.2) is 22.2 Å². The lowest BCUT2D eigenvalue weighted by Gasteiger charge is -2.21. The minimum atomic E-state index is -0.988. The smallest absolute Gasteiger partial charge is 0.335 e. The number of carboxylic acid groups (broad SMARTS) is 2. The average molecular weight is 287 g/mol. The highest BCUT2D eigenvalue weighted by molar-refractivity contribution is 7.99. The predicted octanol–water partition coefficient (Wildman–Crippen LogP) is 3.29. The molecule has 0 amide bonds. The summed E-state index contributed by atoms with van der Waals surface area (Å²) in [5.41, 5.74) is 2.04. The van der Waals surface area contributed by atoms with Gasteiger partial charge in [0, 0.05) is 9.79 Å². The van der Waals surface area contributed by atoms with Gasteiger partial charge in [-0.3, -0.25) is 0 Å². The zero-order chi connectivity index (χ0) is 14.3. The third kappa shape index (κ3) is 2.10. The lowest BCUT2D eigenvalue weighted by Crippen LogP contribution is -2.04. The van der Waals surface area contributed by atoms with Crippen molar-refractivity contribution in [2.45, 2.75) is 9.79 Å². The summed E-state index contributed by atoms with van der Waals surface area (Å²) in [6.07, 6.45) is 0. The van der Waals surface area contributed by atoms with Gasteiger partial charge in [-0.2, -0.15) is 0 Å². The maximum Gasteiger partial charge on any atom is 0.335 e. The molecule has 0 unspecified atom stereocenters. The molecule has 0 fully saturated rings. The highest BCUT2D eigenvalue weighted by Crippen LogP contribution is 2.44. The second-order valence-corrected chi connectivity index (χ2v) is 5.34. The molecule has 1 aliphatic heterocycles. The maximum atomic E-state index is 11.0. The summed E-state index contributed by atoms with van der Waals surface area (Å²) in [5.74, 6) is -1.98. The highest BCUT2D eigenvalue weighted by atomic mass is 32.2. The molecule has 0 bridgehead atoms. The fourth-order valence-corrected chi connectivity index (χ4v) is 3.02. The van der Waals surface area contributed by atoms with Crippen LogP contribution in [0.3, 0.4) is 0 Å². The first-order valence-electron chi connectivity index (χ1n) is 5.74. The lowest BCUT2D eigenvalue weighted by atomic mass is 10.1. The number of nitrogens with one attached hydrogen (secondary N) is 1. The third-order valence-corrected chi connectivity index (χ3v) is 4.06. The zero-order valence-corrected chi connectivity index (χ0v) is 10.9. The molecule has 1 aliphatic rings. The maximum absolute atomic E-state index is 11.0. The molecule has 2 aromatic rings. The van der Waals surface area contributed by atoms with Gasteiger partial charge in [0.1, 0.15) is 0 Å². The first kappa shape index (κ1) is 12.6. The molecule has 2 aromatic carbocycles. The van der Waals surface area contributed by atoms with E-state index in [4.69, 9.17) is 10.2 Å². The Morgan fingerprint density at radius 3 is 1.70 bits per heavy atom. The van der Waals surface area contributed by atoms with Crippen LogP contribution in [0.2, 0.25) is 0 Å². The minimum Gasteiger partial charge on any atom is -0.478 e. The molecule has 100 valence electrons. The van der Waals surface area contributed by atoms with Gasteiger partial charge in [-0.15, -0.1) is 0 Å². The van der Waals surface area contributed by atoms with Crippen LogP contribution in [0.4, 0.5) is 11.4 Å². The van der Waals surface area contributed by atoms with Gasteiger partial charge in [0.15, 0.2) is 0 Å². The van der Waals surface area contributed by atoms with Gasteiger partial charge < -0.3 is 15.5 Å². The molecule has 3 rings (SSSR count). The number of hydrogen-bond acceptors (Lipinski definition) is 4. The standard InChI is InChI=1S/C14H9NO4S/c16-13(17)7-1-3-9-11(5-7)20-12-6-8(14(18)19)2-4-10(12)15-9/h1-6,15H,(H,16,17)(H,18,19). The molecule has 20 heavy (non-hydrogen) atoms. The Labute approximate surface area is 118 Å². The first-order chi connectivity index (χ1) is 9.54. The second-order valence-electron chi connectivity index (χ2n) is 4.26. The molecule has 3 N–H and O–H groups in total. The summed E-state index contributed by atoms with van der Waals surface area (Å²) in [6, 6.07) is 9.63. The van der Waals surface area contributed by atoms with E-state index in [-0.39, 0.29) is 11.1 Å². The predicted molar refractivity (Wildman–Crippen MR) is 74.2 cm³/mol. The van der Waals surface area contributed by atoms with E-state index < -0.39 is 11.9 Å². The summed E-state index contributed by atoms with van der Waals surface area (Å²) in [5, 5.41) is 21.1. The molecule has 0 saturated carbocycles. The summed E-state index contributed by atoms with van der Waals surface area (Å²) >= 11 is 1.36. The zero-order valence-electron chi connectivity index (χ0n) is 10.1. The average Bonchev–Trinajstić information content (AvgIpc) is 2.43. The minimum absolute atomic E-state index is 0.205. The fraction of sp³-hybridized carbons (Fsp3) is 0. The van der Waals surface area contributed by atoms with Gasteiger partial charge in [0.05, 0.1) is 22.5 Å². The Hall–Kier alpha value is -2.47.